The van der Waals surface area contributed by atoms with Crippen molar-refractivity contribution in [3.05, 3.63) is 12.7 Å². The zero-order chi connectivity index (χ0) is 9.19. The van der Waals surface area contributed by atoms with E-state index in [0.29, 0.717) is 0 Å². The van der Waals surface area contributed by atoms with Crippen LogP contribution >= 0.6 is 0 Å². The lowest BCUT2D eigenvalue weighted by Crippen LogP contribution is -2.26. The Morgan fingerprint density at radius 2 is 1.83 bits per heavy atom. The van der Waals surface area contributed by atoms with E-state index in [0.717, 1.165) is 12.8 Å². The molecular formula is C10H18O2. The van der Waals surface area contributed by atoms with E-state index in [4.69, 9.17) is 9.47 Å². The summed E-state index contributed by atoms with van der Waals surface area (Å²) in [5.74, 6) is -0.382. The molecule has 0 spiro atoms. The molecule has 1 rings (SSSR count). The fraction of sp³-hybridized carbons (Fsp3) is 0.800. The number of allylic oxidation sites excluding steroid dienone is 1. The Bertz CT molecular complexity index is 155. The minimum atomic E-state index is -0.382. The molecule has 2 heteroatoms. The highest BCUT2D eigenvalue weighted by molar-refractivity contribution is 4.81. The molecule has 1 heterocycles. The Balaban J connectivity index is 2.45. The maximum atomic E-state index is 5.69. The monoisotopic (exact) mass is 170 g/mol. The second-order valence-electron chi connectivity index (χ2n) is 3.61. The topological polar surface area (TPSA) is 18.5 Å². The average molecular weight is 170 g/mol. The maximum Gasteiger partial charge on any atom is 0.166 e. The lowest BCUT2D eigenvalue weighted by Gasteiger charge is -2.22. The molecular weight excluding hydrogens is 152 g/mol. The molecule has 70 valence electrons. The van der Waals surface area contributed by atoms with Crippen LogP contribution in [0.1, 0.15) is 33.6 Å². The zero-order valence-electron chi connectivity index (χ0n) is 8.17. The van der Waals surface area contributed by atoms with Gasteiger partial charge in [-0.15, -0.1) is 6.58 Å². The Hall–Kier alpha value is -0.340. The molecule has 0 aromatic carbocycles. The molecule has 0 aromatic heterocycles. The summed E-state index contributed by atoms with van der Waals surface area (Å²) < 4.78 is 11.4. The molecule has 0 unspecified atom stereocenters. The molecule has 12 heavy (non-hydrogen) atoms. The molecule has 0 saturated carbocycles. The first-order valence-corrected chi connectivity index (χ1v) is 4.54. The van der Waals surface area contributed by atoms with Gasteiger partial charge in [0.1, 0.15) is 0 Å². The van der Waals surface area contributed by atoms with Gasteiger partial charge >= 0.3 is 0 Å². The number of ether oxygens (including phenoxy) is 2. The van der Waals surface area contributed by atoms with Crippen molar-refractivity contribution in [2.75, 3.05) is 0 Å². The summed E-state index contributed by atoms with van der Waals surface area (Å²) in [5.41, 5.74) is 0. The van der Waals surface area contributed by atoms with Crippen molar-refractivity contribution in [3.63, 3.8) is 0 Å². The lowest BCUT2D eigenvalue weighted by molar-refractivity contribution is -0.162. The highest BCUT2D eigenvalue weighted by Gasteiger charge is 2.38. The van der Waals surface area contributed by atoms with Crippen LogP contribution in [0.25, 0.3) is 0 Å². The third kappa shape index (κ3) is 2.08. The highest BCUT2D eigenvalue weighted by atomic mass is 16.7. The first kappa shape index (κ1) is 9.75. The summed E-state index contributed by atoms with van der Waals surface area (Å²) in [5, 5.41) is 0. The summed E-state index contributed by atoms with van der Waals surface area (Å²) in [6.07, 6.45) is 4.15. The van der Waals surface area contributed by atoms with Crippen LogP contribution in [0.2, 0.25) is 0 Å². The van der Waals surface area contributed by atoms with Crippen LogP contribution in [-0.2, 0) is 9.47 Å². The molecule has 0 aliphatic carbocycles. The first-order valence-electron chi connectivity index (χ1n) is 4.54. The van der Waals surface area contributed by atoms with Crippen LogP contribution in [0.15, 0.2) is 12.7 Å². The smallest absolute Gasteiger partial charge is 0.166 e. The van der Waals surface area contributed by atoms with Crippen molar-refractivity contribution in [2.45, 2.75) is 51.6 Å². The van der Waals surface area contributed by atoms with Gasteiger partial charge in [-0.3, -0.25) is 0 Å². The van der Waals surface area contributed by atoms with Gasteiger partial charge in [0.25, 0.3) is 0 Å². The Kier molecular flexibility index (Phi) is 2.91. The van der Waals surface area contributed by atoms with Crippen LogP contribution in [0, 0.1) is 0 Å². The summed E-state index contributed by atoms with van der Waals surface area (Å²) in [6, 6.07) is 0. The van der Waals surface area contributed by atoms with Gasteiger partial charge in [0, 0.05) is 6.42 Å². The summed E-state index contributed by atoms with van der Waals surface area (Å²) in [4.78, 5) is 0. The number of hydrogen-bond donors (Lipinski definition) is 0. The molecule has 1 aliphatic rings. The predicted octanol–water partition coefficient (Wildman–Crippen LogP) is 2.49. The highest BCUT2D eigenvalue weighted by Crippen LogP contribution is 2.31. The normalized spacial score (nSPS) is 33.6. The van der Waals surface area contributed by atoms with Crippen molar-refractivity contribution in [3.8, 4) is 0 Å². The van der Waals surface area contributed by atoms with Crippen molar-refractivity contribution >= 4 is 0 Å². The third-order valence-electron chi connectivity index (χ3n) is 2.33. The SMILES string of the molecule is C=CCCC1(C)O[C@@H](C)[C@H](C)O1. The van der Waals surface area contributed by atoms with E-state index in [2.05, 4.69) is 6.58 Å². The van der Waals surface area contributed by atoms with Gasteiger partial charge in [-0.25, -0.2) is 0 Å². The van der Waals surface area contributed by atoms with Gasteiger partial charge in [0.2, 0.25) is 0 Å². The average Bonchev–Trinajstić information content (AvgIpc) is 2.24. The molecule has 0 bridgehead atoms. The predicted molar refractivity (Wildman–Crippen MR) is 48.9 cm³/mol. The van der Waals surface area contributed by atoms with Crippen LogP contribution in [0.4, 0.5) is 0 Å². The van der Waals surface area contributed by atoms with Gasteiger partial charge in [-0.1, -0.05) is 6.08 Å². The fourth-order valence-corrected chi connectivity index (χ4v) is 1.49. The van der Waals surface area contributed by atoms with E-state index in [1.54, 1.807) is 0 Å². The summed E-state index contributed by atoms with van der Waals surface area (Å²) >= 11 is 0. The molecule has 1 saturated heterocycles. The van der Waals surface area contributed by atoms with E-state index in [9.17, 15) is 0 Å². The largest absolute Gasteiger partial charge is 0.345 e. The van der Waals surface area contributed by atoms with Crippen LogP contribution in [0.5, 0.6) is 0 Å². The van der Waals surface area contributed by atoms with E-state index in [1.165, 1.54) is 0 Å². The minimum absolute atomic E-state index is 0.208. The van der Waals surface area contributed by atoms with Gasteiger partial charge in [0.05, 0.1) is 12.2 Å². The number of hydrogen-bond acceptors (Lipinski definition) is 2. The van der Waals surface area contributed by atoms with Gasteiger partial charge < -0.3 is 9.47 Å². The summed E-state index contributed by atoms with van der Waals surface area (Å²) in [6.45, 7) is 9.77. The Morgan fingerprint density at radius 3 is 2.25 bits per heavy atom. The Morgan fingerprint density at radius 1 is 1.33 bits per heavy atom. The van der Waals surface area contributed by atoms with E-state index in [1.807, 2.05) is 26.8 Å². The lowest BCUT2D eigenvalue weighted by atomic mass is 10.2. The van der Waals surface area contributed by atoms with Crippen LogP contribution in [0.3, 0.4) is 0 Å². The van der Waals surface area contributed by atoms with E-state index < -0.39 is 0 Å². The molecule has 0 amide bonds. The minimum Gasteiger partial charge on any atom is -0.345 e. The van der Waals surface area contributed by atoms with Crippen LogP contribution in [-0.4, -0.2) is 18.0 Å². The molecule has 0 N–H and O–H groups in total. The number of rotatable bonds is 3. The third-order valence-corrected chi connectivity index (χ3v) is 2.33. The van der Waals surface area contributed by atoms with Gasteiger partial charge in [-0.2, -0.15) is 0 Å². The van der Waals surface area contributed by atoms with Crippen molar-refractivity contribution in [1.29, 1.82) is 0 Å². The standard InChI is InChI=1S/C10H18O2/c1-5-6-7-10(4)11-8(2)9(3)12-10/h5,8-9H,1,6-7H2,2-4H3/t8-,9-/m0/s1. The molecule has 1 fully saturated rings. The van der Waals surface area contributed by atoms with Crippen molar-refractivity contribution < 1.29 is 9.47 Å². The molecule has 0 aromatic rings. The van der Waals surface area contributed by atoms with Crippen LogP contribution < -0.4 is 0 Å². The summed E-state index contributed by atoms with van der Waals surface area (Å²) in [7, 11) is 0. The second kappa shape index (κ2) is 3.58. The van der Waals surface area contributed by atoms with E-state index in [-0.39, 0.29) is 18.0 Å². The first-order chi connectivity index (χ1) is 5.57. The fourth-order valence-electron chi connectivity index (χ4n) is 1.49. The van der Waals surface area contributed by atoms with Gasteiger partial charge in [-0.05, 0) is 27.2 Å². The van der Waals surface area contributed by atoms with Crippen molar-refractivity contribution in [2.24, 2.45) is 0 Å². The maximum absolute atomic E-state index is 5.69. The van der Waals surface area contributed by atoms with E-state index >= 15 is 0 Å². The Labute approximate surface area is 74.6 Å². The zero-order valence-corrected chi connectivity index (χ0v) is 8.17. The quantitative estimate of drug-likeness (QED) is 0.606. The molecule has 2 nitrogen and oxygen atoms in total. The molecule has 0 radical (unpaired) electrons. The van der Waals surface area contributed by atoms with Crippen molar-refractivity contribution in [1.82, 2.24) is 0 Å². The molecule has 2 atom stereocenters. The van der Waals surface area contributed by atoms with Gasteiger partial charge in [0.15, 0.2) is 5.79 Å². The second-order valence-corrected chi connectivity index (χ2v) is 3.61. The molecule has 1 aliphatic heterocycles.